The Hall–Kier alpha value is -2.01. The van der Waals surface area contributed by atoms with Crippen molar-refractivity contribution >= 4 is 0 Å². The van der Waals surface area contributed by atoms with Gasteiger partial charge in [0.25, 0.3) is 0 Å². The van der Waals surface area contributed by atoms with Crippen molar-refractivity contribution in [3.05, 3.63) is 41.8 Å². The molecule has 1 aliphatic heterocycles. The average Bonchev–Trinajstić information content (AvgIpc) is 2.88. The normalized spacial score (nSPS) is 15.7. The molecule has 3 rings (SSSR count). The second kappa shape index (κ2) is 5.96. The Balaban J connectivity index is 1.68. The highest BCUT2D eigenvalue weighted by Gasteiger charge is 2.13. The van der Waals surface area contributed by atoms with E-state index in [9.17, 15) is 0 Å². The molecule has 1 N–H and O–H groups in total. The second-order valence-electron chi connectivity index (χ2n) is 4.84. The largest absolute Gasteiger partial charge is 0.490 e. The van der Waals surface area contributed by atoms with E-state index in [1.165, 1.54) is 0 Å². The molecule has 5 heteroatoms. The fourth-order valence-corrected chi connectivity index (χ4v) is 2.15. The van der Waals surface area contributed by atoms with E-state index in [2.05, 4.69) is 23.5 Å². The zero-order chi connectivity index (χ0) is 13.8. The predicted octanol–water partition coefficient (Wildman–Crippen LogP) is 2.69. The molecule has 1 aromatic carbocycles. The summed E-state index contributed by atoms with van der Waals surface area (Å²) in [6.45, 7) is 4.17. The molecule has 0 spiro atoms. The SMILES string of the molecule is CC(NCc1ccno1)c1ccc2c(c1)OCCCO2. The van der Waals surface area contributed by atoms with Gasteiger partial charge in [-0.3, -0.25) is 0 Å². The molecule has 2 heterocycles. The number of benzene rings is 1. The minimum absolute atomic E-state index is 0.192. The maximum absolute atomic E-state index is 5.71. The molecule has 0 aliphatic carbocycles. The van der Waals surface area contributed by atoms with Crippen LogP contribution in [0.4, 0.5) is 0 Å². The molecule has 0 saturated carbocycles. The van der Waals surface area contributed by atoms with E-state index in [1.54, 1.807) is 6.20 Å². The maximum atomic E-state index is 5.71. The van der Waals surface area contributed by atoms with Gasteiger partial charge in [0, 0.05) is 18.5 Å². The number of ether oxygens (including phenoxy) is 2. The van der Waals surface area contributed by atoms with Gasteiger partial charge in [0.2, 0.25) is 0 Å². The van der Waals surface area contributed by atoms with Gasteiger partial charge in [-0.15, -0.1) is 0 Å². The lowest BCUT2D eigenvalue weighted by atomic mass is 10.1. The number of nitrogens with one attached hydrogen (secondary N) is 1. The number of nitrogens with zero attached hydrogens (tertiary/aromatic N) is 1. The Kier molecular flexibility index (Phi) is 3.87. The van der Waals surface area contributed by atoms with Crippen molar-refractivity contribution in [2.45, 2.75) is 25.9 Å². The van der Waals surface area contributed by atoms with Crippen LogP contribution in [0.15, 0.2) is 35.0 Å². The molecule has 0 saturated heterocycles. The number of fused-ring (bicyclic) bond motifs is 1. The molecule has 1 atom stereocenters. The van der Waals surface area contributed by atoms with Crippen molar-refractivity contribution < 1.29 is 14.0 Å². The molecule has 20 heavy (non-hydrogen) atoms. The quantitative estimate of drug-likeness (QED) is 0.929. The van der Waals surface area contributed by atoms with Crippen LogP contribution >= 0.6 is 0 Å². The fourth-order valence-electron chi connectivity index (χ4n) is 2.15. The Morgan fingerprint density at radius 1 is 1.20 bits per heavy atom. The van der Waals surface area contributed by atoms with Gasteiger partial charge >= 0.3 is 0 Å². The highest BCUT2D eigenvalue weighted by Crippen LogP contribution is 2.32. The third-order valence-corrected chi connectivity index (χ3v) is 3.35. The summed E-state index contributed by atoms with van der Waals surface area (Å²) in [6.07, 6.45) is 2.57. The van der Waals surface area contributed by atoms with E-state index < -0.39 is 0 Å². The van der Waals surface area contributed by atoms with Crippen molar-refractivity contribution in [3.8, 4) is 11.5 Å². The van der Waals surface area contributed by atoms with E-state index in [1.807, 2.05) is 18.2 Å². The van der Waals surface area contributed by atoms with E-state index in [0.29, 0.717) is 19.8 Å². The smallest absolute Gasteiger partial charge is 0.161 e. The van der Waals surface area contributed by atoms with Gasteiger partial charge in [-0.05, 0) is 24.6 Å². The summed E-state index contributed by atoms with van der Waals surface area (Å²) < 4.78 is 16.4. The minimum atomic E-state index is 0.192. The molecule has 0 fully saturated rings. The predicted molar refractivity (Wildman–Crippen MR) is 73.8 cm³/mol. The molecule has 1 aliphatic rings. The first-order valence-electron chi connectivity index (χ1n) is 6.85. The van der Waals surface area contributed by atoms with Crippen molar-refractivity contribution in [2.24, 2.45) is 0 Å². The first-order chi connectivity index (χ1) is 9.83. The standard InChI is InChI=1S/C15H18N2O3/c1-11(16-10-13-5-6-17-20-13)12-3-4-14-15(9-12)19-8-2-7-18-14/h3-6,9,11,16H,2,7-8,10H2,1H3. The van der Waals surface area contributed by atoms with Crippen molar-refractivity contribution in [1.82, 2.24) is 10.5 Å². The highest BCUT2D eigenvalue weighted by atomic mass is 16.5. The average molecular weight is 274 g/mol. The van der Waals surface area contributed by atoms with Gasteiger partial charge in [-0.1, -0.05) is 11.2 Å². The van der Waals surface area contributed by atoms with Crippen LogP contribution in [-0.4, -0.2) is 18.4 Å². The number of rotatable bonds is 4. The molecular formula is C15H18N2O3. The van der Waals surface area contributed by atoms with Gasteiger partial charge in [-0.2, -0.15) is 0 Å². The van der Waals surface area contributed by atoms with Gasteiger partial charge in [0.05, 0.1) is 26.0 Å². The molecule has 2 aromatic rings. The Bertz CT molecular complexity index is 554. The molecule has 0 radical (unpaired) electrons. The van der Waals surface area contributed by atoms with E-state index in [4.69, 9.17) is 14.0 Å². The van der Waals surface area contributed by atoms with E-state index in [0.717, 1.165) is 29.2 Å². The van der Waals surface area contributed by atoms with Gasteiger partial charge in [0.1, 0.15) is 5.76 Å². The molecule has 1 aromatic heterocycles. The van der Waals surface area contributed by atoms with Gasteiger partial charge in [0.15, 0.2) is 11.5 Å². The summed E-state index contributed by atoms with van der Waals surface area (Å²) in [7, 11) is 0. The van der Waals surface area contributed by atoms with Gasteiger partial charge in [-0.25, -0.2) is 0 Å². The van der Waals surface area contributed by atoms with Crippen molar-refractivity contribution in [2.75, 3.05) is 13.2 Å². The Labute approximate surface area is 117 Å². The monoisotopic (exact) mass is 274 g/mol. The highest BCUT2D eigenvalue weighted by molar-refractivity contribution is 5.44. The maximum Gasteiger partial charge on any atom is 0.161 e. The van der Waals surface area contributed by atoms with Crippen LogP contribution in [0.1, 0.15) is 30.7 Å². The summed E-state index contributed by atoms with van der Waals surface area (Å²) in [4.78, 5) is 0. The van der Waals surface area contributed by atoms with Crippen LogP contribution < -0.4 is 14.8 Å². The lowest BCUT2D eigenvalue weighted by Gasteiger charge is -2.15. The summed E-state index contributed by atoms with van der Waals surface area (Å²) in [5.41, 5.74) is 1.16. The molecular weight excluding hydrogens is 256 g/mol. The second-order valence-corrected chi connectivity index (χ2v) is 4.84. The first-order valence-corrected chi connectivity index (χ1v) is 6.85. The Morgan fingerprint density at radius 2 is 2.05 bits per heavy atom. The lowest BCUT2D eigenvalue weighted by molar-refractivity contribution is 0.297. The third-order valence-electron chi connectivity index (χ3n) is 3.35. The van der Waals surface area contributed by atoms with Crippen molar-refractivity contribution in [1.29, 1.82) is 0 Å². The van der Waals surface area contributed by atoms with E-state index >= 15 is 0 Å². The summed E-state index contributed by atoms with van der Waals surface area (Å²) in [6, 6.07) is 8.12. The summed E-state index contributed by atoms with van der Waals surface area (Å²) in [5.74, 6) is 2.48. The molecule has 1 unspecified atom stereocenters. The summed E-state index contributed by atoms with van der Waals surface area (Å²) >= 11 is 0. The van der Waals surface area contributed by atoms with Crippen LogP contribution in [0.3, 0.4) is 0 Å². The lowest BCUT2D eigenvalue weighted by Crippen LogP contribution is -2.17. The van der Waals surface area contributed by atoms with Crippen molar-refractivity contribution in [3.63, 3.8) is 0 Å². The van der Waals surface area contributed by atoms with Crippen LogP contribution in [0.5, 0.6) is 11.5 Å². The molecule has 0 amide bonds. The fraction of sp³-hybridized carbons (Fsp3) is 0.400. The van der Waals surface area contributed by atoms with Crippen LogP contribution in [0, 0.1) is 0 Å². The Morgan fingerprint density at radius 3 is 2.85 bits per heavy atom. The molecule has 106 valence electrons. The third kappa shape index (κ3) is 2.93. The zero-order valence-corrected chi connectivity index (χ0v) is 11.5. The minimum Gasteiger partial charge on any atom is -0.490 e. The number of aromatic nitrogens is 1. The van der Waals surface area contributed by atoms with Gasteiger partial charge < -0.3 is 19.3 Å². The number of hydrogen-bond acceptors (Lipinski definition) is 5. The first kappa shape index (κ1) is 13.0. The number of hydrogen-bond donors (Lipinski definition) is 1. The van der Waals surface area contributed by atoms with Crippen LogP contribution in [-0.2, 0) is 6.54 Å². The zero-order valence-electron chi connectivity index (χ0n) is 11.5. The van der Waals surface area contributed by atoms with E-state index in [-0.39, 0.29) is 6.04 Å². The molecule has 0 bridgehead atoms. The molecule has 5 nitrogen and oxygen atoms in total. The summed E-state index contributed by atoms with van der Waals surface area (Å²) in [5, 5.41) is 7.08. The van der Waals surface area contributed by atoms with Crippen LogP contribution in [0.25, 0.3) is 0 Å². The van der Waals surface area contributed by atoms with Crippen LogP contribution in [0.2, 0.25) is 0 Å². The topological polar surface area (TPSA) is 56.5 Å².